The molecule has 3 heterocycles. The average molecular weight is 344 g/mol. The van der Waals surface area contributed by atoms with Crippen molar-refractivity contribution in [2.45, 2.75) is 10.9 Å². The zero-order chi connectivity index (χ0) is 15.6. The fourth-order valence-corrected chi connectivity index (χ4v) is 3.09. The van der Waals surface area contributed by atoms with Gasteiger partial charge in [-0.25, -0.2) is 0 Å². The Morgan fingerprint density at radius 2 is 1.96 bits per heavy atom. The van der Waals surface area contributed by atoms with Gasteiger partial charge in [0.15, 0.2) is 16.6 Å². The van der Waals surface area contributed by atoms with Crippen LogP contribution in [0.2, 0.25) is 5.02 Å². The molecular formula is C15H10ClN5OS. The van der Waals surface area contributed by atoms with E-state index >= 15 is 0 Å². The highest BCUT2D eigenvalue weighted by atomic mass is 35.5. The number of hydrogen-bond acceptors (Lipinski definition) is 6. The Morgan fingerprint density at radius 1 is 1.09 bits per heavy atom. The van der Waals surface area contributed by atoms with E-state index < -0.39 is 0 Å². The van der Waals surface area contributed by atoms with Gasteiger partial charge in [0.2, 0.25) is 0 Å². The second-order valence-corrected chi connectivity index (χ2v) is 6.05. The summed E-state index contributed by atoms with van der Waals surface area (Å²) in [5, 5.41) is 13.6. The molecule has 114 valence electrons. The molecule has 0 amide bonds. The summed E-state index contributed by atoms with van der Waals surface area (Å²) in [4.78, 5) is 4.38. The van der Waals surface area contributed by atoms with Crippen molar-refractivity contribution in [3.8, 4) is 11.5 Å². The zero-order valence-electron chi connectivity index (χ0n) is 11.8. The minimum absolute atomic E-state index is 0.414. The normalized spacial score (nSPS) is 11.2. The van der Waals surface area contributed by atoms with Gasteiger partial charge in [-0.2, -0.15) is 4.98 Å². The lowest BCUT2D eigenvalue weighted by Crippen LogP contribution is -1.89. The first-order chi connectivity index (χ1) is 11.3. The highest BCUT2D eigenvalue weighted by Crippen LogP contribution is 2.27. The van der Waals surface area contributed by atoms with Crippen LogP contribution in [0.15, 0.2) is 58.3 Å². The van der Waals surface area contributed by atoms with Crippen LogP contribution < -0.4 is 0 Å². The molecule has 0 aliphatic rings. The summed E-state index contributed by atoms with van der Waals surface area (Å²) in [6.07, 6.45) is 1.92. The molecule has 0 saturated heterocycles. The third kappa shape index (κ3) is 2.80. The van der Waals surface area contributed by atoms with Gasteiger partial charge in [-0.1, -0.05) is 46.7 Å². The largest absolute Gasteiger partial charge is 0.334 e. The lowest BCUT2D eigenvalue weighted by atomic mass is 10.2. The minimum atomic E-state index is 0.414. The molecule has 0 fully saturated rings. The van der Waals surface area contributed by atoms with Gasteiger partial charge in [0.05, 0.1) is 16.3 Å². The zero-order valence-corrected chi connectivity index (χ0v) is 13.3. The van der Waals surface area contributed by atoms with E-state index in [1.807, 2.05) is 47.0 Å². The SMILES string of the molecule is Clc1ccccc1-c1nc(CSc2nnc3ccccn23)no1. The van der Waals surface area contributed by atoms with E-state index in [0.717, 1.165) is 16.4 Å². The Bertz CT molecular complexity index is 967. The lowest BCUT2D eigenvalue weighted by molar-refractivity contribution is 0.425. The molecule has 4 aromatic rings. The maximum Gasteiger partial charge on any atom is 0.259 e. The van der Waals surface area contributed by atoms with Gasteiger partial charge in [-0.15, -0.1) is 10.2 Å². The van der Waals surface area contributed by atoms with Gasteiger partial charge >= 0.3 is 0 Å². The summed E-state index contributed by atoms with van der Waals surface area (Å²) in [6.45, 7) is 0. The van der Waals surface area contributed by atoms with Crippen LogP contribution in [0.5, 0.6) is 0 Å². The van der Waals surface area contributed by atoms with Crippen LogP contribution in [0.4, 0.5) is 0 Å². The van der Waals surface area contributed by atoms with Crippen LogP contribution in [-0.4, -0.2) is 24.7 Å². The molecule has 0 spiro atoms. The van der Waals surface area contributed by atoms with Gasteiger partial charge in [0.25, 0.3) is 5.89 Å². The molecule has 0 aliphatic carbocycles. The molecule has 1 aromatic carbocycles. The molecule has 0 atom stereocenters. The monoisotopic (exact) mass is 343 g/mol. The highest BCUT2D eigenvalue weighted by molar-refractivity contribution is 7.98. The second-order valence-electron chi connectivity index (χ2n) is 4.70. The molecule has 4 rings (SSSR count). The first-order valence-electron chi connectivity index (χ1n) is 6.81. The number of pyridine rings is 1. The van der Waals surface area contributed by atoms with Crippen LogP contribution in [-0.2, 0) is 5.75 Å². The van der Waals surface area contributed by atoms with Crippen LogP contribution in [0.1, 0.15) is 5.82 Å². The molecule has 8 heteroatoms. The van der Waals surface area contributed by atoms with Crippen molar-refractivity contribution in [2.24, 2.45) is 0 Å². The maximum atomic E-state index is 6.14. The number of rotatable bonds is 4. The van der Waals surface area contributed by atoms with E-state index in [4.69, 9.17) is 16.1 Å². The van der Waals surface area contributed by atoms with Gasteiger partial charge in [-0.05, 0) is 24.3 Å². The predicted octanol–water partition coefficient (Wildman–Crippen LogP) is 3.73. The standard InChI is InChI=1S/C15H10ClN5OS/c16-11-6-2-1-5-10(11)14-17-12(20-22-14)9-23-15-19-18-13-7-3-4-8-21(13)15/h1-8H,9H2. The number of halogens is 1. The summed E-state index contributed by atoms with van der Waals surface area (Å²) in [5.74, 6) is 1.53. The van der Waals surface area contributed by atoms with Crippen molar-refractivity contribution in [1.29, 1.82) is 0 Å². The van der Waals surface area contributed by atoms with Crippen molar-refractivity contribution in [3.05, 3.63) is 59.5 Å². The fourth-order valence-electron chi connectivity index (χ4n) is 2.10. The van der Waals surface area contributed by atoms with Crippen molar-refractivity contribution in [2.75, 3.05) is 0 Å². The third-order valence-electron chi connectivity index (χ3n) is 3.19. The number of hydrogen-bond donors (Lipinski definition) is 0. The van der Waals surface area contributed by atoms with Gasteiger partial charge in [0.1, 0.15) is 0 Å². The number of aromatic nitrogens is 5. The predicted molar refractivity (Wildman–Crippen MR) is 87.3 cm³/mol. The first kappa shape index (κ1) is 14.2. The van der Waals surface area contributed by atoms with E-state index in [1.54, 1.807) is 6.07 Å². The molecule has 0 N–H and O–H groups in total. The highest BCUT2D eigenvalue weighted by Gasteiger charge is 2.13. The number of fused-ring (bicyclic) bond motifs is 1. The third-order valence-corrected chi connectivity index (χ3v) is 4.45. The average Bonchev–Trinajstić information content (AvgIpc) is 3.20. The molecule has 23 heavy (non-hydrogen) atoms. The Balaban J connectivity index is 1.53. The molecule has 0 saturated carbocycles. The molecule has 0 unspecified atom stereocenters. The first-order valence-corrected chi connectivity index (χ1v) is 8.18. The van der Waals surface area contributed by atoms with E-state index in [2.05, 4.69) is 20.3 Å². The summed E-state index contributed by atoms with van der Waals surface area (Å²) in [6, 6.07) is 13.1. The Morgan fingerprint density at radius 3 is 2.87 bits per heavy atom. The quantitative estimate of drug-likeness (QED) is 0.526. The van der Waals surface area contributed by atoms with Crippen LogP contribution >= 0.6 is 23.4 Å². The summed E-state index contributed by atoms with van der Waals surface area (Å²) in [5.41, 5.74) is 1.53. The Kier molecular flexibility index (Phi) is 3.72. The van der Waals surface area contributed by atoms with Crippen LogP contribution in [0.25, 0.3) is 17.1 Å². The van der Waals surface area contributed by atoms with E-state index in [-0.39, 0.29) is 0 Å². The van der Waals surface area contributed by atoms with Crippen molar-refractivity contribution >= 4 is 29.0 Å². The maximum absolute atomic E-state index is 6.14. The number of thioether (sulfide) groups is 1. The summed E-state index contributed by atoms with van der Waals surface area (Å²) in [7, 11) is 0. The van der Waals surface area contributed by atoms with Gasteiger partial charge in [0, 0.05) is 6.20 Å². The van der Waals surface area contributed by atoms with Crippen molar-refractivity contribution in [1.82, 2.24) is 24.7 Å². The van der Waals surface area contributed by atoms with Crippen LogP contribution in [0, 0.1) is 0 Å². The number of benzene rings is 1. The Labute approximate surface area is 140 Å². The summed E-state index contributed by atoms with van der Waals surface area (Å²) >= 11 is 7.63. The lowest BCUT2D eigenvalue weighted by Gasteiger charge is -1.97. The number of nitrogens with zero attached hydrogens (tertiary/aromatic N) is 5. The molecule has 3 aromatic heterocycles. The second kappa shape index (κ2) is 6.02. The van der Waals surface area contributed by atoms with E-state index in [0.29, 0.717) is 22.5 Å². The van der Waals surface area contributed by atoms with Gasteiger partial charge < -0.3 is 4.52 Å². The smallest absolute Gasteiger partial charge is 0.259 e. The van der Waals surface area contributed by atoms with Crippen LogP contribution in [0.3, 0.4) is 0 Å². The van der Waals surface area contributed by atoms with E-state index in [1.165, 1.54) is 11.8 Å². The Hall–Kier alpha value is -2.38. The fraction of sp³-hybridized carbons (Fsp3) is 0.0667. The van der Waals surface area contributed by atoms with Crippen molar-refractivity contribution in [3.63, 3.8) is 0 Å². The van der Waals surface area contributed by atoms with Gasteiger partial charge in [-0.3, -0.25) is 4.40 Å². The minimum Gasteiger partial charge on any atom is -0.334 e. The molecular weight excluding hydrogens is 334 g/mol. The molecule has 6 nitrogen and oxygen atoms in total. The van der Waals surface area contributed by atoms with E-state index in [9.17, 15) is 0 Å². The molecule has 0 aliphatic heterocycles. The molecule has 0 radical (unpaired) electrons. The summed E-state index contributed by atoms with van der Waals surface area (Å²) < 4.78 is 7.20. The van der Waals surface area contributed by atoms with Crippen molar-refractivity contribution < 1.29 is 4.52 Å². The topological polar surface area (TPSA) is 69.1 Å². The molecule has 0 bridgehead atoms.